The zero-order valence-corrected chi connectivity index (χ0v) is 14.2. The molecule has 0 spiro atoms. The molecule has 130 valence electrons. The Labute approximate surface area is 147 Å². The van der Waals surface area contributed by atoms with Gasteiger partial charge >= 0.3 is 0 Å². The standard InChI is InChI=1S/C20H21NO4/c1-21(11-14-5-6-18-19(9-14)25-13-24-18)20(22)16-4-2-3-15(10-16)17-7-8-23-12-17/h2-6,9-10,17H,7-8,11-13H2,1H3. The summed E-state index contributed by atoms with van der Waals surface area (Å²) in [6, 6.07) is 13.7. The third kappa shape index (κ3) is 3.33. The number of rotatable bonds is 4. The first-order valence-corrected chi connectivity index (χ1v) is 8.52. The van der Waals surface area contributed by atoms with Crippen LogP contribution in [0.1, 0.15) is 33.8 Å². The summed E-state index contributed by atoms with van der Waals surface area (Å²) in [4.78, 5) is 14.5. The number of ether oxygens (including phenoxy) is 3. The van der Waals surface area contributed by atoms with Crippen LogP contribution in [0.3, 0.4) is 0 Å². The predicted octanol–water partition coefficient (Wildman–Crippen LogP) is 3.19. The average molecular weight is 339 g/mol. The molecule has 5 heteroatoms. The Balaban J connectivity index is 1.47. The smallest absolute Gasteiger partial charge is 0.253 e. The Bertz CT molecular complexity index is 783. The molecule has 25 heavy (non-hydrogen) atoms. The van der Waals surface area contributed by atoms with E-state index in [0.29, 0.717) is 18.0 Å². The predicted molar refractivity (Wildman–Crippen MR) is 93.0 cm³/mol. The Kier molecular flexibility index (Phi) is 4.32. The quantitative estimate of drug-likeness (QED) is 0.858. The molecule has 2 aromatic rings. The molecule has 1 fully saturated rings. The van der Waals surface area contributed by atoms with Crippen LogP contribution in [-0.2, 0) is 11.3 Å². The second-order valence-corrected chi connectivity index (χ2v) is 6.53. The van der Waals surface area contributed by atoms with Crippen LogP contribution >= 0.6 is 0 Å². The maximum absolute atomic E-state index is 12.8. The van der Waals surface area contributed by atoms with Gasteiger partial charge in [-0.15, -0.1) is 0 Å². The zero-order chi connectivity index (χ0) is 17.2. The van der Waals surface area contributed by atoms with E-state index in [4.69, 9.17) is 14.2 Å². The van der Waals surface area contributed by atoms with Crippen LogP contribution in [0.15, 0.2) is 42.5 Å². The highest BCUT2D eigenvalue weighted by Crippen LogP contribution is 2.33. The van der Waals surface area contributed by atoms with Crippen molar-refractivity contribution in [2.75, 3.05) is 27.1 Å². The molecular weight excluding hydrogens is 318 g/mol. The van der Waals surface area contributed by atoms with Crippen molar-refractivity contribution in [1.82, 2.24) is 4.90 Å². The van der Waals surface area contributed by atoms with Gasteiger partial charge in [-0.1, -0.05) is 18.2 Å². The summed E-state index contributed by atoms with van der Waals surface area (Å²) >= 11 is 0. The fraction of sp³-hybridized carbons (Fsp3) is 0.350. The van der Waals surface area contributed by atoms with Crippen LogP contribution in [-0.4, -0.2) is 37.9 Å². The molecule has 0 aliphatic carbocycles. The van der Waals surface area contributed by atoms with Crippen molar-refractivity contribution in [3.63, 3.8) is 0 Å². The van der Waals surface area contributed by atoms with Gasteiger partial charge < -0.3 is 19.1 Å². The summed E-state index contributed by atoms with van der Waals surface area (Å²) in [7, 11) is 1.82. The van der Waals surface area contributed by atoms with E-state index in [2.05, 4.69) is 6.07 Å². The number of hydrogen-bond acceptors (Lipinski definition) is 4. The molecule has 1 unspecified atom stereocenters. The van der Waals surface area contributed by atoms with Gasteiger partial charge in [-0.3, -0.25) is 4.79 Å². The monoisotopic (exact) mass is 339 g/mol. The average Bonchev–Trinajstić information content (AvgIpc) is 3.32. The topological polar surface area (TPSA) is 48.0 Å². The van der Waals surface area contributed by atoms with Crippen LogP contribution in [0.2, 0.25) is 0 Å². The highest BCUT2D eigenvalue weighted by Gasteiger charge is 2.20. The largest absolute Gasteiger partial charge is 0.454 e. The van der Waals surface area contributed by atoms with E-state index >= 15 is 0 Å². The lowest BCUT2D eigenvalue weighted by Gasteiger charge is -2.18. The minimum Gasteiger partial charge on any atom is -0.454 e. The van der Waals surface area contributed by atoms with Crippen molar-refractivity contribution in [2.45, 2.75) is 18.9 Å². The third-order valence-electron chi connectivity index (χ3n) is 4.74. The van der Waals surface area contributed by atoms with Gasteiger partial charge in [-0.25, -0.2) is 0 Å². The number of amides is 1. The van der Waals surface area contributed by atoms with E-state index in [9.17, 15) is 4.79 Å². The molecule has 0 radical (unpaired) electrons. The van der Waals surface area contributed by atoms with Crippen molar-refractivity contribution in [1.29, 1.82) is 0 Å². The van der Waals surface area contributed by atoms with E-state index in [1.807, 2.05) is 43.4 Å². The van der Waals surface area contributed by atoms with Crippen LogP contribution in [0.5, 0.6) is 11.5 Å². The molecule has 1 saturated heterocycles. The van der Waals surface area contributed by atoms with Crippen LogP contribution in [0, 0.1) is 0 Å². The van der Waals surface area contributed by atoms with E-state index in [1.165, 1.54) is 5.56 Å². The van der Waals surface area contributed by atoms with E-state index in [1.54, 1.807) is 4.90 Å². The van der Waals surface area contributed by atoms with Crippen molar-refractivity contribution in [3.05, 3.63) is 59.2 Å². The Morgan fingerprint density at radius 2 is 2.04 bits per heavy atom. The molecule has 0 bridgehead atoms. The van der Waals surface area contributed by atoms with Gasteiger partial charge in [0.15, 0.2) is 11.5 Å². The molecule has 0 N–H and O–H groups in total. The molecule has 2 heterocycles. The molecule has 2 aliphatic rings. The molecule has 1 atom stereocenters. The van der Waals surface area contributed by atoms with Gasteiger partial charge in [0.25, 0.3) is 5.91 Å². The minimum atomic E-state index is 0.0124. The molecule has 1 amide bonds. The third-order valence-corrected chi connectivity index (χ3v) is 4.74. The fourth-order valence-corrected chi connectivity index (χ4v) is 3.33. The number of carbonyl (C=O) groups is 1. The van der Waals surface area contributed by atoms with Gasteiger partial charge in [0.05, 0.1) is 6.61 Å². The van der Waals surface area contributed by atoms with Crippen LogP contribution < -0.4 is 9.47 Å². The lowest BCUT2D eigenvalue weighted by atomic mass is 9.96. The first kappa shape index (κ1) is 16.0. The zero-order valence-electron chi connectivity index (χ0n) is 14.2. The maximum atomic E-state index is 12.8. The number of hydrogen-bond donors (Lipinski definition) is 0. The number of carbonyl (C=O) groups excluding carboxylic acids is 1. The van der Waals surface area contributed by atoms with E-state index in [-0.39, 0.29) is 12.7 Å². The normalized spacial score (nSPS) is 18.4. The number of benzene rings is 2. The van der Waals surface area contributed by atoms with Gasteiger partial charge in [0.1, 0.15) is 0 Å². The van der Waals surface area contributed by atoms with Crippen LogP contribution in [0.4, 0.5) is 0 Å². The summed E-state index contributed by atoms with van der Waals surface area (Å²) < 4.78 is 16.2. The Morgan fingerprint density at radius 1 is 1.16 bits per heavy atom. The lowest BCUT2D eigenvalue weighted by molar-refractivity contribution is 0.0784. The molecule has 2 aliphatic heterocycles. The van der Waals surface area contributed by atoms with Gasteiger partial charge in [0.2, 0.25) is 6.79 Å². The Morgan fingerprint density at radius 3 is 2.88 bits per heavy atom. The summed E-state index contributed by atoms with van der Waals surface area (Å²) in [6.07, 6.45) is 1.02. The maximum Gasteiger partial charge on any atom is 0.253 e. The highest BCUT2D eigenvalue weighted by atomic mass is 16.7. The first-order chi connectivity index (χ1) is 12.2. The summed E-state index contributed by atoms with van der Waals surface area (Å²) in [5.74, 6) is 1.90. The fourth-order valence-electron chi connectivity index (χ4n) is 3.33. The van der Waals surface area contributed by atoms with Gasteiger partial charge in [-0.05, 0) is 41.8 Å². The molecule has 0 aromatic heterocycles. The summed E-state index contributed by atoms with van der Waals surface area (Å²) in [5.41, 5.74) is 2.91. The van der Waals surface area contributed by atoms with Crippen molar-refractivity contribution in [2.24, 2.45) is 0 Å². The lowest BCUT2D eigenvalue weighted by Crippen LogP contribution is -2.26. The Hall–Kier alpha value is -2.53. The summed E-state index contributed by atoms with van der Waals surface area (Å²) in [6.45, 7) is 2.31. The SMILES string of the molecule is CN(Cc1ccc2c(c1)OCO2)C(=O)c1cccc(C2CCOC2)c1. The summed E-state index contributed by atoms with van der Waals surface area (Å²) in [5, 5.41) is 0. The second kappa shape index (κ2) is 6.76. The van der Waals surface area contributed by atoms with Gasteiger partial charge in [0, 0.05) is 31.7 Å². The highest BCUT2D eigenvalue weighted by molar-refractivity contribution is 5.94. The van der Waals surface area contributed by atoms with E-state index in [0.717, 1.165) is 36.7 Å². The van der Waals surface area contributed by atoms with Crippen molar-refractivity contribution in [3.8, 4) is 11.5 Å². The molecule has 0 saturated carbocycles. The van der Waals surface area contributed by atoms with Gasteiger partial charge in [-0.2, -0.15) is 0 Å². The first-order valence-electron chi connectivity index (χ1n) is 8.52. The molecule has 2 aromatic carbocycles. The second-order valence-electron chi connectivity index (χ2n) is 6.53. The molecule has 5 nitrogen and oxygen atoms in total. The number of nitrogens with zero attached hydrogens (tertiary/aromatic N) is 1. The molecular formula is C20H21NO4. The molecule has 4 rings (SSSR count). The minimum absolute atomic E-state index is 0.0124. The van der Waals surface area contributed by atoms with E-state index < -0.39 is 0 Å². The number of fused-ring (bicyclic) bond motifs is 1. The van der Waals surface area contributed by atoms with Crippen LogP contribution in [0.25, 0.3) is 0 Å². The van der Waals surface area contributed by atoms with Crippen molar-refractivity contribution < 1.29 is 19.0 Å². The van der Waals surface area contributed by atoms with Crippen molar-refractivity contribution >= 4 is 5.91 Å².